The molecule has 6 nitrogen and oxygen atoms in total. The molecule has 0 aliphatic carbocycles. The lowest BCUT2D eigenvalue weighted by atomic mass is 9.96. The second kappa shape index (κ2) is 21.0. The Hall–Kier alpha value is -4.97. The molecule has 6 heteroatoms. The van der Waals surface area contributed by atoms with Crippen LogP contribution in [0.25, 0.3) is 50.9 Å². The Labute approximate surface area is 340 Å². The van der Waals surface area contributed by atoms with Crippen molar-refractivity contribution in [2.45, 2.75) is 143 Å². The molecule has 6 rings (SSSR count). The average Bonchev–Trinajstić information content (AvgIpc) is 4.00. The molecule has 3 aromatic heterocycles. The number of unbranched alkanes of at least 4 members (excludes halogenated alkanes) is 8. The molecule has 0 fully saturated rings. The summed E-state index contributed by atoms with van der Waals surface area (Å²) in [5, 5.41) is 9.69. The maximum absolute atomic E-state index is 11.8. The Morgan fingerprint density at radius 2 is 1.28 bits per heavy atom. The number of aryl methyl sites for hydroxylation is 4. The van der Waals surface area contributed by atoms with E-state index in [4.69, 9.17) is 9.97 Å². The SMILES string of the molecule is C=C(CC/C(=C\C)c1c2nc(c(CCCCCC)c3ccc([nH]3)c(-c3ccccc3)c3nc(c(CCCCCCCC)c4ccc1[nH]4)CCCCC3)C=C2)C(=O)O. The first kappa shape index (κ1) is 41.7. The fourth-order valence-corrected chi connectivity index (χ4v) is 8.55. The van der Waals surface area contributed by atoms with E-state index in [1.165, 1.54) is 85.7 Å². The molecule has 2 aliphatic heterocycles. The van der Waals surface area contributed by atoms with Gasteiger partial charge in [0, 0.05) is 50.0 Å². The highest BCUT2D eigenvalue weighted by molar-refractivity contribution is 5.91. The van der Waals surface area contributed by atoms with Gasteiger partial charge in [-0.05, 0) is 124 Å². The van der Waals surface area contributed by atoms with Gasteiger partial charge in [-0.25, -0.2) is 9.78 Å². The summed E-state index contributed by atoms with van der Waals surface area (Å²) in [7, 11) is 0. The number of H-pyrrole nitrogens is 2. The Balaban J connectivity index is 1.69. The molecule has 0 saturated carbocycles. The van der Waals surface area contributed by atoms with Crippen LogP contribution in [0.3, 0.4) is 0 Å². The van der Waals surface area contributed by atoms with Gasteiger partial charge in [-0.15, -0.1) is 0 Å². The van der Waals surface area contributed by atoms with Crippen LogP contribution in [-0.4, -0.2) is 31.0 Å². The Kier molecular flexibility index (Phi) is 15.3. The topological polar surface area (TPSA) is 94.7 Å². The predicted octanol–water partition coefficient (Wildman–Crippen LogP) is 14.0. The molecule has 0 radical (unpaired) electrons. The second-order valence-corrected chi connectivity index (χ2v) is 16.0. The lowest BCUT2D eigenvalue weighted by Crippen LogP contribution is -2.05. The molecule has 0 atom stereocenters. The van der Waals surface area contributed by atoms with E-state index in [0.29, 0.717) is 12.8 Å². The van der Waals surface area contributed by atoms with Crippen molar-refractivity contribution in [2.75, 3.05) is 0 Å². The van der Waals surface area contributed by atoms with Gasteiger partial charge in [-0.3, -0.25) is 4.98 Å². The number of hydrogen-bond donors (Lipinski definition) is 3. The zero-order valence-corrected chi connectivity index (χ0v) is 34.8. The van der Waals surface area contributed by atoms with Crippen LogP contribution in [0.5, 0.6) is 0 Å². The van der Waals surface area contributed by atoms with Crippen molar-refractivity contribution in [2.24, 2.45) is 0 Å². The monoisotopic (exact) mass is 765 g/mol. The maximum atomic E-state index is 11.8. The first-order valence-corrected chi connectivity index (χ1v) is 22.0. The molecule has 300 valence electrons. The van der Waals surface area contributed by atoms with E-state index < -0.39 is 5.97 Å². The standard InChI is InChI=1S/C51H64N4O2/c1-5-8-10-12-13-19-25-39-41-26-20-15-21-27-45(52-41)50(38-22-16-14-17-23-38)48-35-32-44(55-48)40(24-18-11-9-6-2)43-31-34-47(54-43)49(46-33-30-42(39)53-46)37(7-3)29-28-36(4)51(56)57/h7,14,16-17,22-23,30-35,53,55H,4-6,8-13,15,18-21,24-29H2,1-3H3,(H,56,57)/b37-7+,41-39?,42-39?,43-40?,44-40?,49-46?,49-47?,50-45?,50-48?,52-41?,52-45?. The number of aromatic nitrogens is 4. The summed E-state index contributed by atoms with van der Waals surface area (Å²) in [6.07, 6.45) is 26.6. The molecule has 1 aromatic carbocycles. The van der Waals surface area contributed by atoms with Gasteiger partial charge < -0.3 is 15.1 Å². The number of carbonyl (C=O) groups is 1. The van der Waals surface area contributed by atoms with Crippen molar-refractivity contribution in [3.63, 3.8) is 0 Å². The summed E-state index contributed by atoms with van der Waals surface area (Å²) in [4.78, 5) is 30.9. The van der Waals surface area contributed by atoms with E-state index in [-0.39, 0.29) is 5.57 Å². The highest BCUT2D eigenvalue weighted by atomic mass is 16.4. The minimum atomic E-state index is -0.949. The van der Waals surface area contributed by atoms with Gasteiger partial charge in [0.1, 0.15) is 0 Å². The van der Waals surface area contributed by atoms with Gasteiger partial charge in [0.15, 0.2) is 0 Å². The first-order chi connectivity index (χ1) is 27.9. The fourth-order valence-electron chi connectivity index (χ4n) is 8.55. The van der Waals surface area contributed by atoms with E-state index in [1.54, 1.807) is 0 Å². The van der Waals surface area contributed by atoms with Crippen molar-refractivity contribution < 1.29 is 9.90 Å². The molecule has 0 spiro atoms. The van der Waals surface area contributed by atoms with Crippen LogP contribution in [-0.2, 0) is 30.5 Å². The third-order valence-corrected chi connectivity index (χ3v) is 11.8. The van der Waals surface area contributed by atoms with E-state index in [9.17, 15) is 9.90 Å². The molecule has 57 heavy (non-hydrogen) atoms. The van der Waals surface area contributed by atoms with Gasteiger partial charge in [-0.1, -0.05) is 115 Å². The van der Waals surface area contributed by atoms with Crippen LogP contribution in [0, 0.1) is 0 Å². The Morgan fingerprint density at radius 3 is 2.00 bits per heavy atom. The third-order valence-electron chi connectivity index (χ3n) is 11.8. The van der Waals surface area contributed by atoms with Gasteiger partial charge in [0.05, 0.1) is 17.1 Å². The second-order valence-electron chi connectivity index (χ2n) is 16.0. The van der Waals surface area contributed by atoms with Crippen molar-refractivity contribution in [1.82, 2.24) is 19.9 Å². The number of rotatable bonds is 18. The molecule has 0 amide bonds. The molecular weight excluding hydrogens is 701 g/mol. The smallest absolute Gasteiger partial charge is 0.330 e. The quantitative estimate of drug-likeness (QED) is 0.0611. The highest BCUT2D eigenvalue weighted by Gasteiger charge is 2.19. The van der Waals surface area contributed by atoms with Gasteiger partial charge >= 0.3 is 5.97 Å². The first-order valence-electron chi connectivity index (χ1n) is 22.0. The molecule has 0 unspecified atom stereocenters. The van der Waals surface area contributed by atoms with Crippen LogP contribution in [0.15, 0.2) is 72.8 Å². The molecule has 5 heterocycles. The highest BCUT2D eigenvalue weighted by Crippen LogP contribution is 2.34. The fraction of sp³-hybridized carbons (Fsp3) is 0.431. The minimum Gasteiger partial charge on any atom is -0.478 e. The number of aromatic amines is 2. The number of nitrogens with zero attached hydrogens (tertiary/aromatic N) is 2. The van der Waals surface area contributed by atoms with Crippen LogP contribution >= 0.6 is 0 Å². The zero-order valence-electron chi connectivity index (χ0n) is 34.8. The van der Waals surface area contributed by atoms with Crippen molar-refractivity contribution >= 4 is 45.8 Å². The van der Waals surface area contributed by atoms with E-state index in [0.717, 1.165) is 102 Å². The maximum Gasteiger partial charge on any atom is 0.330 e. The summed E-state index contributed by atoms with van der Waals surface area (Å²) < 4.78 is 0. The molecular formula is C51H64N4O2. The normalized spacial score (nSPS) is 13.4. The number of allylic oxidation sites excluding steroid dienone is 2. The zero-order chi connectivity index (χ0) is 40.0. The summed E-state index contributed by atoms with van der Waals surface area (Å²) in [6.45, 7) is 10.4. The largest absolute Gasteiger partial charge is 0.478 e. The van der Waals surface area contributed by atoms with Gasteiger partial charge in [0.2, 0.25) is 0 Å². The molecule has 0 saturated heterocycles. The van der Waals surface area contributed by atoms with Crippen molar-refractivity contribution in [3.8, 4) is 11.1 Å². The number of benzene rings is 1. The number of carboxylic acid groups (broad SMARTS) is 1. The Morgan fingerprint density at radius 1 is 0.684 bits per heavy atom. The molecule has 2 aliphatic rings. The number of carboxylic acids is 1. The summed E-state index contributed by atoms with van der Waals surface area (Å²) in [6, 6.07) is 19.8. The number of nitrogens with one attached hydrogen (secondary N) is 2. The number of fused-ring (bicyclic) bond motifs is 8. The molecule has 8 bridgehead atoms. The average molecular weight is 765 g/mol. The predicted molar refractivity (Wildman–Crippen MR) is 241 cm³/mol. The van der Waals surface area contributed by atoms with Gasteiger partial charge in [-0.2, -0.15) is 0 Å². The Bertz CT molecular complexity index is 2220. The summed E-state index contributed by atoms with van der Waals surface area (Å²) >= 11 is 0. The van der Waals surface area contributed by atoms with E-state index in [1.807, 2.05) is 6.92 Å². The van der Waals surface area contributed by atoms with Crippen LogP contribution in [0.4, 0.5) is 0 Å². The van der Waals surface area contributed by atoms with E-state index >= 15 is 0 Å². The van der Waals surface area contributed by atoms with Crippen LogP contribution < -0.4 is 0 Å². The van der Waals surface area contributed by atoms with Crippen molar-refractivity contribution in [1.29, 1.82) is 0 Å². The summed E-state index contributed by atoms with van der Waals surface area (Å²) in [5.41, 5.74) is 15.7. The minimum absolute atomic E-state index is 0.215. The lowest BCUT2D eigenvalue weighted by Gasteiger charge is -2.15. The number of aliphatic carboxylic acids is 1. The molecule has 3 N–H and O–H groups in total. The van der Waals surface area contributed by atoms with Crippen molar-refractivity contribution in [3.05, 3.63) is 112 Å². The third kappa shape index (κ3) is 10.7. The summed E-state index contributed by atoms with van der Waals surface area (Å²) in [5.74, 6) is -0.949. The van der Waals surface area contributed by atoms with Crippen LogP contribution in [0.2, 0.25) is 0 Å². The lowest BCUT2D eigenvalue weighted by molar-refractivity contribution is -0.132. The number of hydrogen-bond acceptors (Lipinski definition) is 3. The van der Waals surface area contributed by atoms with Crippen LogP contribution in [0.1, 0.15) is 157 Å². The van der Waals surface area contributed by atoms with E-state index in [2.05, 4.69) is 103 Å². The van der Waals surface area contributed by atoms with Gasteiger partial charge in [0.25, 0.3) is 0 Å². The molecule has 4 aromatic rings.